The zero-order chi connectivity index (χ0) is 12.1. The van der Waals surface area contributed by atoms with Gasteiger partial charge >= 0.3 is 0 Å². The summed E-state index contributed by atoms with van der Waals surface area (Å²) >= 11 is 0. The lowest BCUT2D eigenvalue weighted by atomic mass is 10.0. The van der Waals surface area contributed by atoms with E-state index in [1.54, 1.807) is 0 Å². The maximum absolute atomic E-state index is 11.1. The molecule has 0 saturated carbocycles. The molecule has 3 N–H and O–H groups in total. The van der Waals surface area contributed by atoms with Gasteiger partial charge in [-0.2, -0.15) is 5.26 Å². The molecule has 0 bridgehead atoms. The van der Waals surface area contributed by atoms with Gasteiger partial charge in [0.1, 0.15) is 13.0 Å². The Hall–Kier alpha value is -1.54. The van der Waals surface area contributed by atoms with Crippen molar-refractivity contribution in [2.75, 3.05) is 13.6 Å². The summed E-state index contributed by atoms with van der Waals surface area (Å²) in [6.07, 6.45) is 0.810. The van der Waals surface area contributed by atoms with E-state index >= 15 is 0 Å². The summed E-state index contributed by atoms with van der Waals surface area (Å²) in [6.45, 7) is 5.23. The second-order valence-electron chi connectivity index (χ2n) is 4.40. The van der Waals surface area contributed by atoms with Crippen LogP contribution in [0, 0.1) is 11.3 Å². The number of quaternary nitrogens is 1. The van der Waals surface area contributed by atoms with Crippen LogP contribution in [0.4, 0.5) is 0 Å². The fraction of sp³-hybridized carbons (Fsp3) is 0.636. The highest BCUT2D eigenvalue weighted by Crippen LogP contribution is 2.09. The minimum absolute atomic E-state index is 0.111. The SMILES string of the molecule is CC1=C(NNC(=O)CC#N)C[C@@H](C)[NH+](C)C1. The summed E-state index contributed by atoms with van der Waals surface area (Å²) in [4.78, 5) is 12.6. The number of hydrogen-bond donors (Lipinski definition) is 3. The second kappa shape index (κ2) is 5.52. The van der Waals surface area contributed by atoms with Gasteiger partial charge in [-0.1, -0.05) is 0 Å². The molecule has 5 nitrogen and oxygen atoms in total. The number of nitriles is 1. The van der Waals surface area contributed by atoms with Crippen LogP contribution in [-0.2, 0) is 4.79 Å². The number of nitrogens with one attached hydrogen (secondary N) is 3. The smallest absolute Gasteiger partial charge is 0.252 e. The molecule has 1 rings (SSSR count). The third kappa shape index (κ3) is 3.24. The van der Waals surface area contributed by atoms with Crippen molar-refractivity contribution in [1.29, 1.82) is 5.26 Å². The minimum atomic E-state index is -0.290. The second-order valence-corrected chi connectivity index (χ2v) is 4.40. The fourth-order valence-corrected chi connectivity index (χ4v) is 1.77. The first-order valence-electron chi connectivity index (χ1n) is 5.47. The molecule has 0 aromatic rings. The minimum Gasteiger partial charge on any atom is -0.331 e. The van der Waals surface area contributed by atoms with Crippen LogP contribution in [0.15, 0.2) is 11.3 Å². The average Bonchev–Trinajstić information content (AvgIpc) is 2.22. The zero-order valence-corrected chi connectivity index (χ0v) is 10.1. The van der Waals surface area contributed by atoms with Crippen LogP contribution in [0.5, 0.6) is 0 Å². The Morgan fingerprint density at radius 2 is 2.38 bits per heavy atom. The highest BCUT2D eigenvalue weighted by atomic mass is 16.2. The Morgan fingerprint density at radius 1 is 1.69 bits per heavy atom. The monoisotopic (exact) mass is 223 g/mol. The van der Waals surface area contributed by atoms with Crippen molar-refractivity contribution in [2.45, 2.75) is 32.7 Å². The summed E-state index contributed by atoms with van der Waals surface area (Å²) in [7, 11) is 2.17. The van der Waals surface area contributed by atoms with E-state index in [-0.39, 0.29) is 12.3 Å². The molecule has 1 unspecified atom stereocenters. The largest absolute Gasteiger partial charge is 0.331 e. The van der Waals surface area contributed by atoms with Crippen molar-refractivity contribution in [3.63, 3.8) is 0 Å². The first-order valence-corrected chi connectivity index (χ1v) is 5.47. The van der Waals surface area contributed by atoms with Crippen molar-refractivity contribution in [1.82, 2.24) is 10.9 Å². The number of hydrazine groups is 1. The highest BCUT2D eigenvalue weighted by Gasteiger charge is 2.23. The van der Waals surface area contributed by atoms with Crippen molar-refractivity contribution < 1.29 is 9.69 Å². The molecule has 1 amide bonds. The molecule has 0 spiro atoms. The summed E-state index contributed by atoms with van der Waals surface area (Å²) in [6, 6.07) is 2.35. The van der Waals surface area contributed by atoms with E-state index in [0.717, 1.165) is 18.7 Å². The van der Waals surface area contributed by atoms with Crippen molar-refractivity contribution in [2.24, 2.45) is 0 Å². The molecule has 0 aromatic heterocycles. The van der Waals surface area contributed by atoms with Gasteiger partial charge in [-0.15, -0.1) is 0 Å². The zero-order valence-electron chi connectivity index (χ0n) is 10.1. The molecule has 16 heavy (non-hydrogen) atoms. The van der Waals surface area contributed by atoms with Gasteiger partial charge in [0.25, 0.3) is 5.91 Å². The Bertz CT molecular complexity index is 342. The fourth-order valence-electron chi connectivity index (χ4n) is 1.77. The van der Waals surface area contributed by atoms with Crippen LogP contribution in [0.1, 0.15) is 26.7 Å². The van der Waals surface area contributed by atoms with E-state index in [0.29, 0.717) is 6.04 Å². The molecule has 0 fully saturated rings. The molecule has 1 aliphatic rings. The van der Waals surface area contributed by atoms with Crippen LogP contribution in [0.3, 0.4) is 0 Å². The molecule has 0 aromatic carbocycles. The van der Waals surface area contributed by atoms with Crippen LogP contribution in [0.25, 0.3) is 0 Å². The normalized spacial score (nSPS) is 24.9. The van der Waals surface area contributed by atoms with Gasteiger partial charge in [-0.25, -0.2) is 0 Å². The van der Waals surface area contributed by atoms with Crippen molar-refractivity contribution >= 4 is 5.91 Å². The average molecular weight is 223 g/mol. The van der Waals surface area contributed by atoms with Crippen LogP contribution in [0.2, 0.25) is 0 Å². The van der Waals surface area contributed by atoms with E-state index in [2.05, 4.69) is 31.7 Å². The number of nitrogens with zero attached hydrogens (tertiary/aromatic N) is 1. The van der Waals surface area contributed by atoms with E-state index in [1.165, 1.54) is 10.5 Å². The number of likely N-dealkylation sites (N-methyl/N-ethyl adjacent to an activating group) is 1. The predicted molar refractivity (Wildman–Crippen MR) is 60.0 cm³/mol. The number of hydrogen-bond acceptors (Lipinski definition) is 3. The van der Waals surface area contributed by atoms with E-state index in [9.17, 15) is 4.79 Å². The maximum atomic E-state index is 11.1. The lowest BCUT2D eigenvalue weighted by Gasteiger charge is -2.30. The number of amides is 1. The first-order chi connectivity index (χ1) is 7.54. The molecule has 5 heteroatoms. The van der Waals surface area contributed by atoms with Gasteiger partial charge in [-0.05, 0) is 13.8 Å². The van der Waals surface area contributed by atoms with Gasteiger partial charge in [0.2, 0.25) is 0 Å². The summed E-state index contributed by atoms with van der Waals surface area (Å²) in [5.41, 5.74) is 7.79. The molecular formula is C11H19N4O+. The first kappa shape index (κ1) is 12.5. The Morgan fingerprint density at radius 3 is 3.00 bits per heavy atom. The van der Waals surface area contributed by atoms with Crippen molar-refractivity contribution in [3.8, 4) is 6.07 Å². The molecule has 2 atom stereocenters. The van der Waals surface area contributed by atoms with Crippen LogP contribution >= 0.6 is 0 Å². The van der Waals surface area contributed by atoms with Crippen LogP contribution in [-0.4, -0.2) is 25.5 Å². The maximum Gasteiger partial charge on any atom is 0.252 e. The lowest BCUT2D eigenvalue weighted by molar-refractivity contribution is -0.901. The topological polar surface area (TPSA) is 69.4 Å². The van der Waals surface area contributed by atoms with Gasteiger partial charge in [0.15, 0.2) is 0 Å². The highest BCUT2D eigenvalue weighted by molar-refractivity contribution is 5.77. The van der Waals surface area contributed by atoms with Crippen LogP contribution < -0.4 is 15.8 Å². The molecule has 1 heterocycles. The van der Waals surface area contributed by atoms with E-state index in [4.69, 9.17) is 5.26 Å². The van der Waals surface area contributed by atoms with Gasteiger partial charge in [-0.3, -0.25) is 10.2 Å². The number of carbonyl (C=O) groups excluding carboxylic acids is 1. The number of carbonyl (C=O) groups is 1. The molecule has 1 aliphatic heterocycles. The third-order valence-corrected chi connectivity index (χ3v) is 3.00. The number of rotatable bonds is 3. The lowest BCUT2D eigenvalue weighted by Crippen LogP contribution is -3.13. The van der Waals surface area contributed by atoms with Gasteiger partial charge in [0.05, 0.1) is 19.2 Å². The molecule has 0 saturated heterocycles. The third-order valence-electron chi connectivity index (χ3n) is 3.00. The summed E-state index contributed by atoms with van der Waals surface area (Å²) in [5, 5.41) is 8.35. The Balaban J connectivity index is 2.51. The Labute approximate surface area is 96.1 Å². The van der Waals surface area contributed by atoms with E-state index in [1.807, 2.05) is 6.07 Å². The van der Waals surface area contributed by atoms with Gasteiger partial charge in [0, 0.05) is 17.7 Å². The van der Waals surface area contributed by atoms with Gasteiger partial charge < -0.3 is 10.3 Å². The quantitative estimate of drug-likeness (QED) is 0.543. The van der Waals surface area contributed by atoms with Crippen molar-refractivity contribution in [3.05, 3.63) is 11.3 Å². The predicted octanol–water partition coefficient (Wildman–Crippen LogP) is -0.898. The summed E-state index contributed by atoms with van der Waals surface area (Å²) in [5.74, 6) is -0.290. The standard InChI is InChI=1S/C11H18N4O/c1-8-7-15(3)9(2)6-10(8)13-14-11(16)4-5-12/h9,13H,4,6-7H2,1-3H3,(H,14,16)/p+1/t9-/m1/s1. The Kier molecular flexibility index (Phi) is 4.32. The molecule has 88 valence electrons. The molecule has 0 aliphatic carbocycles. The summed E-state index contributed by atoms with van der Waals surface area (Å²) < 4.78 is 0. The molecular weight excluding hydrogens is 204 g/mol. The molecule has 0 radical (unpaired) electrons. The van der Waals surface area contributed by atoms with E-state index < -0.39 is 0 Å².